The molecule has 0 aromatic carbocycles. The normalized spacial score (nSPS) is 15.4. The zero-order valence-electron chi connectivity index (χ0n) is 12.2. The lowest BCUT2D eigenvalue weighted by Crippen LogP contribution is -2.46. The van der Waals surface area contributed by atoms with E-state index in [-0.39, 0.29) is 11.1 Å². The van der Waals surface area contributed by atoms with Crippen molar-refractivity contribution in [2.45, 2.75) is 51.6 Å². The van der Waals surface area contributed by atoms with E-state index in [1.165, 1.54) is 17.5 Å². The third kappa shape index (κ3) is 3.15. The fourth-order valence-corrected chi connectivity index (χ4v) is 2.46. The predicted octanol–water partition coefficient (Wildman–Crippen LogP) is 2.24. The van der Waals surface area contributed by atoms with E-state index < -0.39 is 0 Å². The average molecular weight is 299 g/mol. The van der Waals surface area contributed by atoms with Crippen molar-refractivity contribution in [2.75, 3.05) is 11.9 Å². The van der Waals surface area contributed by atoms with Gasteiger partial charge in [-0.2, -0.15) is 5.10 Å². The molecule has 3 N–H and O–H groups in total. The third-order valence-corrected chi connectivity index (χ3v) is 4.55. The van der Waals surface area contributed by atoms with Crippen LogP contribution in [0.15, 0.2) is 11.0 Å². The Morgan fingerprint density at radius 2 is 2.15 bits per heavy atom. The Hall–Kier alpha value is -1.07. The van der Waals surface area contributed by atoms with E-state index in [4.69, 9.17) is 17.3 Å². The van der Waals surface area contributed by atoms with E-state index in [1.807, 2.05) is 0 Å². The number of nitrogens with one attached hydrogen (secondary N) is 1. The van der Waals surface area contributed by atoms with Crippen LogP contribution in [-0.2, 0) is 6.54 Å². The van der Waals surface area contributed by atoms with Gasteiger partial charge < -0.3 is 11.1 Å². The molecule has 0 radical (unpaired) electrons. The highest BCUT2D eigenvalue weighted by atomic mass is 35.5. The van der Waals surface area contributed by atoms with E-state index in [1.54, 1.807) is 6.20 Å². The van der Waals surface area contributed by atoms with Gasteiger partial charge >= 0.3 is 0 Å². The summed E-state index contributed by atoms with van der Waals surface area (Å²) < 4.78 is 1.51. The first-order chi connectivity index (χ1) is 9.55. The van der Waals surface area contributed by atoms with Gasteiger partial charge in [-0.1, -0.05) is 25.4 Å². The molecule has 1 aliphatic rings. The second-order valence-corrected chi connectivity index (χ2v) is 6.02. The second-order valence-electron chi connectivity index (χ2n) is 5.61. The maximum absolute atomic E-state index is 12.5. The molecule has 0 bridgehead atoms. The molecule has 0 amide bonds. The van der Waals surface area contributed by atoms with Crippen molar-refractivity contribution in [3.8, 4) is 0 Å². The topological polar surface area (TPSA) is 72.9 Å². The van der Waals surface area contributed by atoms with Gasteiger partial charge in [-0.15, -0.1) is 0 Å². The van der Waals surface area contributed by atoms with Gasteiger partial charge in [-0.3, -0.25) is 4.79 Å². The number of halogens is 1. The molecule has 6 heteroatoms. The van der Waals surface area contributed by atoms with Gasteiger partial charge in [0.1, 0.15) is 5.69 Å². The molecule has 0 aliphatic heterocycles. The number of rotatable bonds is 7. The number of aromatic nitrogens is 2. The lowest BCUT2D eigenvalue weighted by Gasteiger charge is -2.32. The maximum atomic E-state index is 12.5. The quantitative estimate of drug-likeness (QED) is 0.810. The van der Waals surface area contributed by atoms with Gasteiger partial charge in [0.15, 0.2) is 0 Å². The fourth-order valence-electron chi connectivity index (χ4n) is 2.29. The molecule has 2 rings (SSSR count). The van der Waals surface area contributed by atoms with Crippen molar-refractivity contribution in [3.05, 3.63) is 21.6 Å². The molecule has 0 saturated heterocycles. The molecule has 112 valence electrons. The standard InChI is InChI=1S/C14H23ClN4O/c1-3-14(4-2,9-16)18-12-11(15)7-17-19(13(12)20)8-10-5-6-10/h7,10,18H,3-6,8-9,16H2,1-2H3. The summed E-state index contributed by atoms with van der Waals surface area (Å²) in [5.41, 5.74) is 5.86. The molecule has 0 atom stereocenters. The molecule has 5 nitrogen and oxygen atoms in total. The summed E-state index contributed by atoms with van der Waals surface area (Å²) in [6, 6.07) is 0. The summed E-state index contributed by atoms with van der Waals surface area (Å²) in [5.74, 6) is 0.589. The molecule has 0 unspecified atom stereocenters. The Bertz CT molecular complexity index is 512. The molecular weight excluding hydrogens is 276 g/mol. The minimum Gasteiger partial charge on any atom is -0.373 e. The van der Waals surface area contributed by atoms with Crippen LogP contribution in [0.3, 0.4) is 0 Å². The summed E-state index contributed by atoms with van der Waals surface area (Å²) in [6.45, 7) is 5.25. The van der Waals surface area contributed by atoms with Crippen LogP contribution < -0.4 is 16.6 Å². The van der Waals surface area contributed by atoms with Crippen molar-refractivity contribution in [2.24, 2.45) is 11.7 Å². The molecular formula is C14H23ClN4O. The second kappa shape index (κ2) is 6.14. The summed E-state index contributed by atoms with van der Waals surface area (Å²) in [5, 5.41) is 7.77. The van der Waals surface area contributed by atoms with Crippen LogP contribution in [0.1, 0.15) is 39.5 Å². The predicted molar refractivity (Wildman–Crippen MR) is 82.2 cm³/mol. The highest BCUT2D eigenvalue weighted by Crippen LogP contribution is 2.30. The van der Waals surface area contributed by atoms with Crippen LogP contribution in [-0.4, -0.2) is 21.9 Å². The highest BCUT2D eigenvalue weighted by Gasteiger charge is 2.28. The lowest BCUT2D eigenvalue weighted by molar-refractivity contribution is 0.442. The fraction of sp³-hybridized carbons (Fsp3) is 0.714. The first-order valence-corrected chi connectivity index (χ1v) is 7.67. The Kier molecular flexibility index (Phi) is 4.70. The third-order valence-electron chi connectivity index (χ3n) is 4.26. The van der Waals surface area contributed by atoms with E-state index >= 15 is 0 Å². The smallest absolute Gasteiger partial charge is 0.291 e. The van der Waals surface area contributed by atoms with Crippen LogP contribution >= 0.6 is 11.6 Å². The first kappa shape index (κ1) is 15.3. The molecule has 0 spiro atoms. The largest absolute Gasteiger partial charge is 0.373 e. The maximum Gasteiger partial charge on any atom is 0.291 e. The van der Waals surface area contributed by atoms with Crippen LogP contribution in [0.4, 0.5) is 5.69 Å². The Labute approximate surface area is 124 Å². The van der Waals surface area contributed by atoms with Crippen LogP contribution in [0.5, 0.6) is 0 Å². The van der Waals surface area contributed by atoms with Crippen molar-refractivity contribution in [3.63, 3.8) is 0 Å². The highest BCUT2D eigenvalue weighted by molar-refractivity contribution is 6.33. The van der Waals surface area contributed by atoms with Gasteiger partial charge in [0.2, 0.25) is 0 Å². The van der Waals surface area contributed by atoms with Crippen molar-refractivity contribution in [1.29, 1.82) is 0 Å². The number of hydrogen-bond acceptors (Lipinski definition) is 4. The Balaban J connectivity index is 2.32. The summed E-state index contributed by atoms with van der Waals surface area (Å²) in [6.07, 6.45) is 5.56. The van der Waals surface area contributed by atoms with E-state index in [9.17, 15) is 4.79 Å². The Morgan fingerprint density at radius 3 is 2.65 bits per heavy atom. The van der Waals surface area contributed by atoms with Gasteiger partial charge in [0.05, 0.1) is 11.2 Å². The van der Waals surface area contributed by atoms with E-state index in [2.05, 4.69) is 24.3 Å². The van der Waals surface area contributed by atoms with Gasteiger partial charge in [-0.25, -0.2) is 4.68 Å². The zero-order chi connectivity index (χ0) is 14.8. The van der Waals surface area contributed by atoms with Crippen LogP contribution in [0, 0.1) is 5.92 Å². The zero-order valence-corrected chi connectivity index (χ0v) is 12.9. The first-order valence-electron chi connectivity index (χ1n) is 7.29. The van der Waals surface area contributed by atoms with E-state index in [0.29, 0.717) is 29.7 Å². The number of nitrogens with zero attached hydrogens (tertiary/aromatic N) is 2. The van der Waals surface area contributed by atoms with Crippen LogP contribution in [0.25, 0.3) is 0 Å². The molecule has 1 fully saturated rings. The van der Waals surface area contributed by atoms with Crippen LogP contribution in [0.2, 0.25) is 5.02 Å². The Morgan fingerprint density at radius 1 is 1.50 bits per heavy atom. The number of hydrogen-bond donors (Lipinski definition) is 2. The molecule has 1 saturated carbocycles. The average Bonchev–Trinajstić information content (AvgIpc) is 3.27. The van der Waals surface area contributed by atoms with Gasteiger partial charge in [0.25, 0.3) is 5.56 Å². The molecule has 20 heavy (non-hydrogen) atoms. The minimum atomic E-state index is -0.290. The van der Waals surface area contributed by atoms with E-state index in [0.717, 1.165) is 12.8 Å². The summed E-state index contributed by atoms with van der Waals surface area (Å²) in [4.78, 5) is 12.5. The van der Waals surface area contributed by atoms with Crippen molar-refractivity contribution >= 4 is 17.3 Å². The summed E-state index contributed by atoms with van der Waals surface area (Å²) in [7, 11) is 0. The summed E-state index contributed by atoms with van der Waals surface area (Å²) >= 11 is 6.15. The molecule has 1 aliphatic carbocycles. The minimum absolute atomic E-state index is 0.149. The van der Waals surface area contributed by atoms with Gasteiger partial charge in [0, 0.05) is 18.6 Å². The number of anilines is 1. The number of nitrogens with two attached hydrogens (primary N) is 1. The van der Waals surface area contributed by atoms with Gasteiger partial charge in [-0.05, 0) is 31.6 Å². The molecule has 1 aromatic rings. The SMILES string of the molecule is CCC(CC)(CN)Nc1c(Cl)cnn(CC2CC2)c1=O. The van der Waals surface area contributed by atoms with Crippen molar-refractivity contribution < 1.29 is 0 Å². The van der Waals surface area contributed by atoms with Crippen molar-refractivity contribution in [1.82, 2.24) is 9.78 Å². The monoisotopic (exact) mass is 298 g/mol. The molecule has 1 heterocycles. The lowest BCUT2D eigenvalue weighted by atomic mass is 9.92. The molecule has 1 aromatic heterocycles.